The number of benzene rings is 2. The highest BCUT2D eigenvalue weighted by molar-refractivity contribution is 7.46. The lowest BCUT2D eigenvalue weighted by Gasteiger charge is -2.11. The quantitative estimate of drug-likeness (QED) is 0.850. The first-order valence-corrected chi connectivity index (χ1v) is 6.49. The molecular formula is C12H12ClO4P. The maximum Gasteiger partial charge on any atom is 0.524 e. The van der Waals surface area contributed by atoms with Gasteiger partial charge < -0.3 is 4.52 Å². The summed E-state index contributed by atoms with van der Waals surface area (Å²) in [6.45, 7) is 0. The van der Waals surface area contributed by atoms with E-state index in [2.05, 4.69) is 4.52 Å². The van der Waals surface area contributed by atoms with E-state index in [1.54, 1.807) is 18.2 Å². The fourth-order valence-corrected chi connectivity index (χ4v) is 1.95. The molecule has 0 amide bonds. The van der Waals surface area contributed by atoms with Crippen LogP contribution in [0.25, 0.3) is 11.1 Å². The average molecular weight is 287 g/mol. The molecule has 0 unspecified atom stereocenters. The van der Waals surface area contributed by atoms with Gasteiger partial charge in [-0.05, 0) is 11.6 Å². The standard InChI is InChI=1S/C12H11O4P.ClH/c13-17(14,15)16-12-9-5-4-8-11(12)10-6-2-1-3-7-10;/h1-9H,(H2,13,14,15);1H. The normalized spacial score (nSPS) is 10.6. The average Bonchev–Trinajstić information content (AvgIpc) is 2.29. The number of hydrogen-bond donors (Lipinski definition) is 2. The van der Waals surface area contributed by atoms with Gasteiger partial charge in [0.05, 0.1) is 0 Å². The molecule has 0 bridgehead atoms. The third kappa shape index (κ3) is 3.86. The van der Waals surface area contributed by atoms with E-state index in [0.717, 1.165) is 5.56 Å². The Hall–Kier alpha value is -1.32. The predicted octanol–water partition coefficient (Wildman–Crippen LogP) is 3.25. The fourth-order valence-electron chi connectivity index (χ4n) is 1.53. The van der Waals surface area contributed by atoms with Crippen molar-refractivity contribution in [2.24, 2.45) is 0 Å². The molecule has 0 saturated carbocycles. The number of phosphoric acid groups is 1. The summed E-state index contributed by atoms with van der Waals surface area (Å²) in [5.74, 6) is 0.173. The minimum absolute atomic E-state index is 0. The van der Waals surface area contributed by atoms with Crippen LogP contribution in [-0.2, 0) is 4.57 Å². The van der Waals surface area contributed by atoms with Gasteiger partial charge in [0.15, 0.2) is 0 Å². The molecule has 0 saturated heterocycles. The molecule has 2 aromatic carbocycles. The maximum absolute atomic E-state index is 10.9. The third-order valence-corrected chi connectivity index (χ3v) is 2.62. The van der Waals surface area contributed by atoms with Crippen LogP contribution in [-0.4, -0.2) is 9.79 Å². The van der Waals surface area contributed by atoms with Crippen molar-refractivity contribution in [3.63, 3.8) is 0 Å². The maximum atomic E-state index is 10.9. The molecule has 2 rings (SSSR count). The van der Waals surface area contributed by atoms with E-state index < -0.39 is 7.82 Å². The molecule has 4 nitrogen and oxygen atoms in total. The van der Waals surface area contributed by atoms with Gasteiger partial charge in [-0.2, -0.15) is 0 Å². The van der Waals surface area contributed by atoms with Crippen LogP contribution < -0.4 is 4.52 Å². The summed E-state index contributed by atoms with van der Waals surface area (Å²) < 4.78 is 15.5. The second-order valence-electron chi connectivity index (χ2n) is 3.44. The first-order chi connectivity index (χ1) is 8.06. The van der Waals surface area contributed by atoms with Crippen LogP contribution in [0.5, 0.6) is 5.75 Å². The molecule has 0 aliphatic rings. The van der Waals surface area contributed by atoms with Crippen molar-refractivity contribution in [2.45, 2.75) is 0 Å². The Labute approximate surface area is 111 Å². The highest BCUT2D eigenvalue weighted by atomic mass is 35.5. The summed E-state index contributed by atoms with van der Waals surface area (Å²) in [5.41, 5.74) is 1.49. The van der Waals surface area contributed by atoms with Crippen LogP contribution in [0, 0.1) is 0 Å². The lowest BCUT2D eigenvalue weighted by atomic mass is 10.1. The summed E-state index contributed by atoms with van der Waals surface area (Å²) in [6, 6.07) is 16.0. The zero-order valence-electron chi connectivity index (χ0n) is 9.26. The van der Waals surface area contributed by atoms with E-state index >= 15 is 0 Å². The molecule has 6 heteroatoms. The van der Waals surface area contributed by atoms with Crippen LogP contribution in [0.4, 0.5) is 0 Å². The van der Waals surface area contributed by atoms with Crippen molar-refractivity contribution in [3.05, 3.63) is 54.6 Å². The van der Waals surface area contributed by atoms with Gasteiger partial charge in [-0.1, -0.05) is 48.5 Å². The van der Waals surface area contributed by atoms with Gasteiger partial charge in [0.1, 0.15) is 5.75 Å². The second-order valence-corrected chi connectivity index (χ2v) is 4.61. The van der Waals surface area contributed by atoms with Crippen molar-refractivity contribution in [1.82, 2.24) is 0 Å². The highest BCUT2D eigenvalue weighted by Gasteiger charge is 2.18. The van der Waals surface area contributed by atoms with E-state index in [0.29, 0.717) is 5.56 Å². The summed E-state index contributed by atoms with van der Waals surface area (Å²) >= 11 is 0. The van der Waals surface area contributed by atoms with Crippen molar-refractivity contribution < 1.29 is 18.9 Å². The van der Waals surface area contributed by atoms with E-state index in [1.807, 2.05) is 30.3 Å². The van der Waals surface area contributed by atoms with Gasteiger partial charge in [-0.3, -0.25) is 9.79 Å². The number of hydrogen-bond acceptors (Lipinski definition) is 2. The molecule has 0 spiro atoms. The molecule has 0 aliphatic heterocycles. The van der Waals surface area contributed by atoms with Crippen LogP contribution in [0.1, 0.15) is 0 Å². The molecule has 2 N–H and O–H groups in total. The van der Waals surface area contributed by atoms with Gasteiger partial charge in [-0.15, -0.1) is 12.4 Å². The molecule has 96 valence electrons. The Morgan fingerprint density at radius 2 is 1.44 bits per heavy atom. The van der Waals surface area contributed by atoms with Crippen molar-refractivity contribution in [2.75, 3.05) is 0 Å². The molecule has 0 radical (unpaired) electrons. The van der Waals surface area contributed by atoms with Crippen molar-refractivity contribution in [3.8, 4) is 16.9 Å². The van der Waals surface area contributed by atoms with Gasteiger partial charge in [-0.25, -0.2) is 4.57 Å². The van der Waals surface area contributed by atoms with Crippen LogP contribution >= 0.6 is 20.2 Å². The summed E-state index contributed by atoms with van der Waals surface area (Å²) in [4.78, 5) is 17.7. The Kier molecular flexibility index (Phi) is 4.93. The lowest BCUT2D eigenvalue weighted by molar-refractivity contribution is 0.283. The smallest absolute Gasteiger partial charge is 0.404 e. The van der Waals surface area contributed by atoms with E-state index in [9.17, 15) is 4.57 Å². The minimum atomic E-state index is -4.53. The number of halogens is 1. The SMILES string of the molecule is Cl.O=P(O)(O)Oc1ccccc1-c1ccccc1. The Morgan fingerprint density at radius 3 is 2.06 bits per heavy atom. The van der Waals surface area contributed by atoms with Gasteiger partial charge in [0.2, 0.25) is 0 Å². The van der Waals surface area contributed by atoms with Gasteiger partial charge >= 0.3 is 7.82 Å². The number of para-hydroxylation sites is 1. The predicted molar refractivity (Wildman–Crippen MR) is 71.8 cm³/mol. The fraction of sp³-hybridized carbons (Fsp3) is 0. The van der Waals surface area contributed by atoms with E-state index in [4.69, 9.17) is 9.79 Å². The van der Waals surface area contributed by atoms with Crippen LogP contribution in [0.15, 0.2) is 54.6 Å². The van der Waals surface area contributed by atoms with E-state index in [-0.39, 0.29) is 18.2 Å². The Morgan fingerprint density at radius 1 is 0.889 bits per heavy atom. The minimum Gasteiger partial charge on any atom is -0.404 e. The van der Waals surface area contributed by atoms with Gasteiger partial charge in [0, 0.05) is 5.56 Å². The number of rotatable bonds is 3. The lowest BCUT2D eigenvalue weighted by Crippen LogP contribution is -1.92. The molecule has 0 fully saturated rings. The summed E-state index contributed by atoms with van der Waals surface area (Å²) in [5, 5.41) is 0. The molecular weight excluding hydrogens is 275 g/mol. The largest absolute Gasteiger partial charge is 0.524 e. The first kappa shape index (κ1) is 14.7. The number of phosphoric ester groups is 1. The van der Waals surface area contributed by atoms with E-state index in [1.165, 1.54) is 6.07 Å². The molecule has 2 aromatic rings. The zero-order valence-corrected chi connectivity index (χ0v) is 11.0. The first-order valence-electron chi connectivity index (χ1n) is 4.96. The summed E-state index contributed by atoms with van der Waals surface area (Å²) in [7, 11) is -4.53. The van der Waals surface area contributed by atoms with Crippen molar-refractivity contribution in [1.29, 1.82) is 0 Å². The van der Waals surface area contributed by atoms with Crippen LogP contribution in [0.2, 0.25) is 0 Å². The Bertz CT molecular complexity index is 553. The molecule has 0 atom stereocenters. The molecule has 0 heterocycles. The second kappa shape index (κ2) is 6.03. The summed E-state index contributed by atoms with van der Waals surface area (Å²) in [6.07, 6.45) is 0. The molecule has 18 heavy (non-hydrogen) atoms. The Balaban J connectivity index is 0.00000162. The zero-order chi connectivity index (χ0) is 12.3. The van der Waals surface area contributed by atoms with Crippen LogP contribution in [0.3, 0.4) is 0 Å². The molecule has 0 aliphatic carbocycles. The highest BCUT2D eigenvalue weighted by Crippen LogP contribution is 2.41. The monoisotopic (exact) mass is 286 g/mol. The third-order valence-electron chi connectivity index (χ3n) is 2.19. The molecule has 0 aromatic heterocycles. The van der Waals surface area contributed by atoms with Gasteiger partial charge in [0.25, 0.3) is 0 Å². The van der Waals surface area contributed by atoms with Crippen molar-refractivity contribution >= 4 is 20.2 Å². The topological polar surface area (TPSA) is 66.8 Å².